The summed E-state index contributed by atoms with van der Waals surface area (Å²) in [6.45, 7) is 0. The number of nitrogens with two attached hydrogens (primary N) is 1. The van der Waals surface area contributed by atoms with E-state index in [9.17, 15) is 4.79 Å². The van der Waals surface area contributed by atoms with Gasteiger partial charge in [0.05, 0.1) is 19.9 Å². The van der Waals surface area contributed by atoms with Gasteiger partial charge in [-0.15, -0.1) is 0 Å². The van der Waals surface area contributed by atoms with Crippen molar-refractivity contribution in [3.05, 3.63) is 30.0 Å². The highest BCUT2D eigenvalue weighted by atomic mass is 16.5. The van der Waals surface area contributed by atoms with Crippen LogP contribution < -0.4 is 20.5 Å². The van der Waals surface area contributed by atoms with Gasteiger partial charge in [0.1, 0.15) is 23.0 Å². The van der Waals surface area contributed by atoms with Crippen molar-refractivity contribution in [1.29, 1.82) is 0 Å². The molecule has 4 N–H and O–H groups in total. The van der Waals surface area contributed by atoms with Crippen LogP contribution in [0.4, 0.5) is 11.5 Å². The quantitative estimate of drug-likeness (QED) is 0.769. The Morgan fingerprint density at radius 3 is 2.68 bits per heavy atom. The smallest absolute Gasteiger partial charge is 0.273 e. The fourth-order valence-corrected chi connectivity index (χ4v) is 1.55. The number of hydrogen-bond donors (Lipinski definition) is 3. The molecule has 0 saturated heterocycles. The molecule has 0 bridgehead atoms. The van der Waals surface area contributed by atoms with Crippen LogP contribution in [-0.2, 0) is 0 Å². The molecule has 0 fully saturated rings. The van der Waals surface area contributed by atoms with E-state index in [1.165, 1.54) is 13.2 Å². The highest BCUT2D eigenvalue weighted by Gasteiger charge is 2.12. The van der Waals surface area contributed by atoms with Crippen LogP contribution in [-0.4, -0.2) is 30.3 Å². The highest BCUT2D eigenvalue weighted by Crippen LogP contribution is 2.29. The summed E-state index contributed by atoms with van der Waals surface area (Å²) in [5, 5.41) is 8.92. The largest absolute Gasteiger partial charge is 0.497 e. The third kappa shape index (κ3) is 2.76. The van der Waals surface area contributed by atoms with Crippen LogP contribution >= 0.6 is 0 Å². The molecular weight excluding hydrogens is 248 g/mol. The van der Waals surface area contributed by atoms with E-state index in [1.807, 2.05) is 0 Å². The normalized spacial score (nSPS) is 10.0. The van der Waals surface area contributed by atoms with Crippen molar-refractivity contribution in [2.24, 2.45) is 0 Å². The third-order valence-electron chi connectivity index (χ3n) is 2.50. The Hall–Kier alpha value is -2.70. The second kappa shape index (κ2) is 5.30. The summed E-state index contributed by atoms with van der Waals surface area (Å²) in [6, 6.07) is 6.55. The van der Waals surface area contributed by atoms with Crippen molar-refractivity contribution in [1.82, 2.24) is 10.2 Å². The molecule has 0 radical (unpaired) electrons. The molecule has 0 aliphatic rings. The van der Waals surface area contributed by atoms with Crippen LogP contribution in [0, 0.1) is 0 Å². The number of anilines is 2. The fraction of sp³-hybridized carbons (Fsp3) is 0.167. The van der Waals surface area contributed by atoms with Gasteiger partial charge in [-0.25, -0.2) is 0 Å². The maximum absolute atomic E-state index is 12.0. The monoisotopic (exact) mass is 262 g/mol. The van der Waals surface area contributed by atoms with E-state index < -0.39 is 0 Å². The number of nitrogens with one attached hydrogen (secondary N) is 2. The van der Waals surface area contributed by atoms with Crippen molar-refractivity contribution in [3.8, 4) is 11.5 Å². The Morgan fingerprint density at radius 2 is 2.11 bits per heavy atom. The number of benzene rings is 1. The van der Waals surface area contributed by atoms with Gasteiger partial charge in [-0.05, 0) is 12.1 Å². The number of methoxy groups -OCH3 is 2. The molecule has 2 rings (SSSR count). The SMILES string of the molecule is COc1ccc(OC)c(NC(=O)c2cc(N)n[nH]2)c1. The zero-order valence-corrected chi connectivity index (χ0v) is 10.6. The topological polar surface area (TPSA) is 102 Å². The van der Waals surface area contributed by atoms with Crippen molar-refractivity contribution >= 4 is 17.4 Å². The average molecular weight is 262 g/mol. The summed E-state index contributed by atoms with van der Waals surface area (Å²) in [5.74, 6) is 1.03. The lowest BCUT2D eigenvalue weighted by atomic mass is 10.2. The van der Waals surface area contributed by atoms with E-state index in [4.69, 9.17) is 15.2 Å². The van der Waals surface area contributed by atoms with Gasteiger partial charge in [-0.2, -0.15) is 5.10 Å². The van der Waals surface area contributed by atoms with Crippen molar-refractivity contribution in [2.45, 2.75) is 0 Å². The molecule has 19 heavy (non-hydrogen) atoms. The minimum Gasteiger partial charge on any atom is -0.497 e. The molecule has 0 saturated carbocycles. The molecule has 7 nitrogen and oxygen atoms in total. The Kier molecular flexibility index (Phi) is 3.56. The number of H-pyrrole nitrogens is 1. The number of aromatic amines is 1. The Labute approximate surface area is 109 Å². The predicted molar refractivity (Wildman–Crippen MR) is 70.5 cm³/mol. The first kappa shape index (κ1) is 12.7. The van der Waals surface area contributed by atoms with Gasteiger partial charge in [0, 0.05) is 12.1 Å². The minimum absolute atomic E-state index is 0.253. The lowest BCUT2D eigenvalue weighted by Gasteiger charge is -2.10. The Morgan fingerprint density at radius 1 is 1.32 bits per heavy atom. The van der Waals surface area contributed by atoms with Crippen LogP contribution in [0.3, 0.4) is 0 Å². The van der Waals surface area contributed by atoms with E-state index in [2.05, 4.69) is 15.5 Å². The molecular formula is C12H14N4O3. The van der Waals surface area contributed by atoms with Crippen molar-refractivity contribution < 1.29 is 14.3 Å². The van der Waals surface area contributed by atoms with E-state index >= 15 is 0 Å². The lowest BCUT2D eigenvalue weighted by molar-refractivity contribution is 0.102. The molecule has 1 amide bonds. The number of hydrogen-bond acceptors (Lipinski definition) is 5. The molecule has 7 heteroatoms. The summed E-state index contributed by atoms with van der Waals surface area (Å²) in [5.41, 5.74) is 6.21. The molecule has 1 aromatic carbocycles. The third-order valence-corrected chi connectivity index (χ3v) is 2.50. The first-order valence-electron chi connectivity index (χ1n) is 5.48. The fourth-order valence-electron chi connectivity index (χ4n) is 1.55. The van der Waals surface area contributed by atoms with Gasteiger partial charge < -0.3 is 20.5 Å². The van der Waals surface area contributed by atoms with Gasteiger partial charge in [0.2, 0.25) is 0 Å². The number of nitrogen functional groups attached to an aromatic ring is 1. The molecule has 1 heterocycles. The summed E-state index contributed by atoms with van der Waals surface area (Å²) < 4.78 is 10.3. The maximum Gasteiger partial charge on any atom is 0.273 e. The van der Waals surface area contributed by atoms with Gasteiger partial charge in [0.25, 0.3) is 5.91 Å². The number of carbonyl (C=O) groups is 1. The predicted octanol–water partition coefficient (Wildman–Crippen LogP) is 1.26. The summed E-state index contributed by atoms with van der Waals surface area (Å²) in [4.78, 5) is 12.0. The zero-order valence-electron chi connectivity index (χ0n) is 10.6. The minimum atomic E-state index is -0.365. The van der Waals surface area contributed by atoms with Gasteiger partial charge in [-0.1, -0.05) is 0 Å². The van der Waals surface area contributed by atoms with E-state index in [0.29, 0.717) is 17.2 Å². The number of rotatable bonds is 4. The van der Waals surface area contributed by atoms with Crippen LogP contribution in [0.1, 0.15) is 10.5 Å². The first-order chi connectivity index (χ1) is 9.13. The molecule has 0 aliphatic carbocycles. The van der Waals surface area contributed by atoms with Gasteiger partial charge >= 0.3 is 0 Å². The molecule has 2 aromatic rings. The second-order valence-electron chi connectivity index (χ2n) is 3.73. The molecule has 0 spiro atoms. The van der Waals surface area contributed by atoms with Gasteiger partial charge in [0.15, 0.2) is 0 Å². The second-order valence-corrected chi connectivity index (χ2v) is 3.73. The van der Waals surface area contributed by atoms with Crippen LogP contribution in [0.5, 0.6) is 11.5 Å². The number of amides is 1. The van der Waals surface area contributed by atoms with Crippen LogP contribution in [0.15, 0.2) is 24.3 Å². The summed E-state index contributed by atoms with van der Waals surface area (Å²) in [6.07, 6.45) is 0. The van der Waals surface area contributed by atoms with E-state index in [1.54, 1.807) is 25.3 Å². The molecule has 100 valence electrons. The number of nitrogens with zero attached hydrogens (tertiary/aromatic N) is 1. The van der Waals surface area contributed by atoms with Crippen molar-refractivity contribution in [3.63, 3.8) is 0 Å². The first-order valence-corrected chi connectivity index (χ1v) is 5.48. The standard InChI is InChI=1S/C12H14N4O3/c1-18-7-3-4-10(19-2)8(5-7)14-12(17)9-6-11(13)16-15-9/h3-6H,1-2H3,(H,14,17)(H3,13,15,16). The number of carbonyl (C=O) groups excluding carboxylic acids is 1. The summed E-state index contributed by atoms with van der Waals surface area (Å²) in [7, 11) is 3.06. The van der Waals surface area contributed by atoms with Crippen molar-refractivity contribution in [2.75, 3.05) is 25.3 Å². The van der Waals surface area contributed by atoms with Gasteiger partial charge in [-0.3, -0.25) is 9.89 Å². The summed E-state index contributed by atoms with van der Waals surface area (Å²) >= 11 is 0. The zero-order chi connectivity index (χ0) is 13.8. The molecule has 1 aromatic heterocycles. The maximum atomic E-state index is 12.0. The van der Waals surface area contributed by atoms with Crippen LogP contribution in [0.2, 0.25) is 0 Å². The van der Waals surface area contributed by atoms with Crippen LogP contribution in [0.25, 0.3) is 0 Å². The van der Waals surface area contributed by atoms with E-state index in [0.717, 1.165) is 0 Å². The Balaban J connectivity index is 2.24. The molecule has 0 atom stereocenters. The number of aromatic nitrogens is 2. The van der Waals surface area contributed by atoms with E-state index in [-0.39, 0.29) is 17.4 Å². The average Bonchev–Trinajstić information content (AvgIpc) is 2.85. The Bertz CT molecular complexity index is 594. The number of ether oxygens (including phenoxy) is 2. The lowest BCUT2D eigenvalue weighted by Crippen LogP contribution is -2.13. The molecule has 0 unspecified atom stereocenters. The highest BCUT2D eigenvalue weighted by molar-refractivity contribution is 6.04. The molecule has 0 aliphatic heterocycles.